The molecule has 0 aliphatic heterocycles. The Balaban J connectivity index is 2.44. The van der Waals surface area contributed by atoms with Gasteiger partial charge in [0.25, 0.3) is 5.82 Å². The molecule has 0 aromatic carbocycles. The van der Waals surface area contributed by atoms with Crippen molar-refractivity contribution in [1.29, 1.82) is 0 Å². The summed E-state index contributed by atoms with van der Waals surface area (Å²) in [6.45, 7) is -0.767. The molecular formula is C7H8F3N3O3. The van der Waals surface area contributed by atoms with Crippen molar-refractivity contribution in [2.24, 2.45) is 0 Å². The predicted molar refractivity (Wildman–Crippen MR) is 43.4 cm³/mol. The topological polar surface area (TPSA) is 66.2 Å². The van der Waals surface area contributed by atoms with Crippen LogP contribution in [0.15, 0.2) is 6.33 Å². The first-order valence-corrected chi connectivity index (χ1v) is 4.11. The molecule has 0 fully saturated rings. The third-order valence-electron chi connectivity index (χ3n) is 1.49. The molecule has 0 saturated carbocycles. The highest BCUT2D eigenvalue weighted by Crippen LogP contribution is 2.15. The second-order valence-electron chi connectivity index (χ2n) is 2.62. The number of hydrogen-bond acceptors (Lipinski definition) is 5. The van der Waals surface area contributed by atoms with Crippen LogP contribution < -0.4 is 0 Å². The Morgan fingerprint density at radius 1 is 1.56 bits per heavy atom. The van der Waals surface area contributed by atoms with Gasteiger partial charge in [0, 0.05) is 0 Å². The lowest BCUT2D eigenvalue weighted by Crippen LogP contribution is -2.17. The molecule has 0 N–H and O–H groups in total. The highest BCUT2D eigenvalue weighted by molar-refractivity contribution is 5.84. The van der Waals surface area contributed by atoms with Crippen LogP contribution in [0.1, 0.15) is 10.6 Å². The van der Waals surface area contributed by atoms with Crippen LogP contribution in [0.3, 0.4) is 0 Å². The van der Waals surface area contributed by atoms with Crippen molar-refractivity contribution in [2.45, 2.75) is 12.9 Å². The van der Waals surface area contributed by atoms with Gasteiger partial charge in [-0.2, -0.15) is 0 Å². The van der Waals surface area contributed by atoms with Crippen LogP contribution in [0.4, 0.5) is 13.2 Å². The first-order chi connectivity index (χ1) is 7.42. The lowest BCUT2D eigenvalue weighted by molar-refractivity contribution is -0.325. The monoisotopic (exact) mass is 239 g/mol. The highest BCUT2D eigenvalue weighted by atomic mass is 19.4. The summed E-state index contributed by atoms with van der Waals surface area (Å²) >= 11 is 0. The molecule has 0 aliphatic rings. The molecule has 9 heteroatoms. The largest absolute Gasteiger partial charge is 0.522 e. The molecule has 0 amide bonds. The van der Waals surface area contributed by atoms with Crippen LogP contribution in [-0.2, 0) is 16.0 Å². The molecule has 1 aromatic rings. The molecule has 0 bridgehead atoms. The van der Waals surface area contributed by atoms with Crippen molar-refractivity contribution in [3.8, 4) is 0 Å². The van der Waals surface area contributed by atoms with Gasteiger partial charge >= 0.3 is 12.3 Å². The molecule has 0 atom stereocenters. The maximum Gasteiger partial charge on any atom is 0.522 e. The predicted octanol–water partition coefficient (Wildman–Crippen LogP) is 0.601. The van der Waals surface area contributed by atoms with Gasteiger partial charge in [-0.1, -0.05) is 0 Å². The first kappa shape index (κ1) is 12.4. The molecule has 0 aliphatic carbocycles. The number of carbonyl (C=O) groups excluding carboxylic acids is 1. The van der Waals surface area contributed by atoms with E-state index < -0.39 is 18.9 Å². The van der Waals surface area contributed by atoms with Gasteiger partial charge in [-0.15, -0.1) is 18.3 Å². The van der Waals surface area contributed by atoms with E-state index in [9.17, 15) is 18.0 Å². The zero-order valence-electron chi connectivity index (χ0n) is 8.19. The normalized spacial score (nSPS) is 11.5. The molecule has 1 heterocycles. The van der Waals surface area contributed by atoms with Gasteiger partial charge in [0.2, 0.25) is 0 Å². The fraction of sp³-hybridized carbons (Fsp3) is 0.571. The minimum absolute atomic E-state index is 0.163. The Hall–Kier alpha value is -1.64. The summed E-state index contributed by atoms with van der Waals surface area (Å²) in [6.07, 6.45) is -3.56. The smallest absolute Gasteiger partial charge is 0.463 e. The summed E-state index contributed by atoms with van der Waals surface area (Å²) in [7, 11) is 1.15. The third kappa shape index (κ3) is 3.85. The van der Waals surface area contributed by atoms with Crippen LogP contribution in [0.5, 0.6) is 0 Å². The number of methoxy groups -OCH3 is 1. The Bertz CT molecular complexity index is 363. The minimum atomic E-state index is -4.67. The molecule has 16 heavy (non-hydrogen) atoms. The van der Waals surface area contributed by atoms with Crippen molar-refractivity contribution in [2.75, 3.05) is 13.7 Å². The molecule has 1 rings (SSSR count). The summed E-state index contributed by atoms with van der Waals surface area (Å²) in [5, 5.41) is 3.58. The van der Waals surface area contributed by atoms with E-state index in [1.807, 2.05) is 0 Å². The number of alkyl halides is 3. The molecule has 0 radical (unpaired) electrons. The first-order valence-electron chi connectivity index (χ1n) is 4.11. The third-order valence-corrected chi connectivity index (χ3v) is 1.49. The van der Waals surface area contributed by atoms with E-state index in [1.165, 1.54) is 0 Å². The number of ether oxygens (including phenoxy) is 2. The second-order valence-corrected chi connectivity index (χ2v) is 2.62. The molecule has 90 valence electrons. The number of aromatic nitrogens is 3. The number of carbonyl (C=O) groups is 1. The number of nitrogens with zero attached hydrogens (tertiary/aromatic N) is 3. The van der Waals surface area contributed by atoms with Crippen LogP contribution in [-0.4, -0.2) is 40.8 Å². The quantitative estimate of drug-likeness (QED) is 0.720. The molecule has 0 unspecified atom stereocenters. The number of rotatable bonds is 4. The lowest BCUT2D eigenvalue weighted by Gasteiger charge is -2.06. The number of halogens is 3. The highest BCUT2D eigenvalue weighted by Gasteiger charge is 2.28. The zero-order chi connectivity index (χ0) is 12.2. The summed E-state index contributed by atoms with van der Waals surface area (Å²) in [5.74, 6) is -0.968. The standard InChI is InChI=1S/C7H8F3N3O3/c1-15-6(14)5-11-4-13(12-5)2-3-16-7(8,9)10/h4H,2-3H2,1H3. The maximum absolute atomic E-state index is 11.6. The maximum atomic E-state index is 11.6. The average Bonchev–Trinajstić information content (AvgIpc) is 2.63. The fourth-order valence-corrected chi connectivity index (χ4v) is 0.842. The van der Waals surface area contributed by atoms with Gasteiger partial charge in [0.1, 0.15) is 6.33 Å². The van der Waals surface area contributed by atoms with E-state index in [0.29, 0.717) is 0 Å². The van der Waals surface area contributed by atoms with Crippen LogP contribution in [0.25, 0.3) is 0 Å². The van der Waals surface area contributed by atoms with Crippen LogP contribution >= 0.6 is 0 Å². The van der Waals surface area contributed by atoms with Gasteiger partial charge in [0.05, 0.1) is 20.3 Å². The molecular weight excluding hydrogens is 231 g/mol. The van der Waals surface area contributed by atoms with E-state index in [2.05, 4.69) is 19.6 Å². The Kier molecular flexibility index (Phi) is 3.82. The van der Waals surface area contributed by atoms with Gasteiger partial charge in [0.15, 0.2) is 0 Å². The summed E-state index contributed by atoms with van der Waals surface area (Å²) < 4.78 is 43.7. The summed E-state index contributed by atoms with van der Waals surface area (Å²) in [6, 6.07) is 0. The minimum Gasteiger partial charge on any atom is -0.463 e. The average molecular weight is 239 g/mol. The summed E-state index contributed by atoms with van der Waals surface area (Å²) in [5.41, 5.74) is 0. The van der Waals surface area contributed by atoms with Gasteiger partial charge < -0.3 is 4.74 Å². The van der Waals surface area contributed by atoms with E-state index >= 15 is 0 Å². The van der Waals surface area contributed by atoms with E-state index in [0.717, 1.165) is 18.1 Å². The van der Waals surface area contributed by atoms with Gasteiger partial charge in [-0.25, -0.2) is 14.5 Å². The number of esters is 1. The van der Waals surface area contributed by atoms with E-state index in [-0.39, 0.29) is 12.4 Å². The van der Waals surface area contributed by atoms with Crippen molar-refractivity contribution in [3.63, 3.8) is 0 Å². The van der Waals surface area contributed by atoms with Crippen molar-refractivity contribution < 1.29 is 27.4 Å². The molecule has 6 nitrogen and oxygen atoms in total. The second kappa shape index (κ2) is 4.92. The zero-order valence-corrected chi connectivity index (χ0v) is 8.19. The van der Waals surface area contributed by atoms with Crippen molar-refractivity contribution in [3.05, 3.63) is 12.2 Å². The molecule has 0 saturated heterocycles. The van der Waals surface area contributed by atoms with E-state index in [1.54, 1.807) is 0 Å². The van der Waals surface area contributed by atoms with Gasteiger partial charge in [-0.05, 0) is 0 Å². The molecule has 1 aromatic heterocycles. The van der Waals surface area contributed by atoms with Crippen LogP contribution in [0.2, 0.25) is 0 Å². The fourth-order valence-electron chi connectivity index (χ4n) is 0.842. The van der Waals surface area contributed by atoms with Crippen molar-refractivity contribution >= 4 is 5.97 Å². The Morgan fingerprint density at radius 3 is 2.81 bits per heavy atom. The Morgan fingerprint density at radius 2 is 2.25 bits per heavy atom. The van der Waals surface area contributed by atoms with Crippen LogP contribution in [0, 0.1) is 0 Å². The van der Waals surface area contributed by atoms with Crippen molar-refractivity contribution in [1.82, 2.24) is 14.8 Å². The summed E-state index contributed by atoms with van der Waals surface area (Å²) in [4.78, 5) is 14.4. The van der Waals surface area contributed by atoms with Gasteiger partial charge in [-0.3, -0.25) is 4.74 Å². The number of hydrogen-bond donors (Lipinski definition) is 0. The SMILES string of the molecule is COC(=O)c1ncn(CCOC(F)(F)F)n1. The lowest BCUT2D eigenvalue weighted by atomic mass is 10.6. The molecule has 0 spiro atoms. The van der Waals surface area contributed by atoms with E-state index in [4.69, 9.17) is 0 Å². The Labute approximate surface area is 88.0 Å².